The molecule has 0 radical (unpaired) electrons. The van der Waals surface area contributed by atoms with E-state index >= 15 is 0 Å². The van der Waals surface area contributed by atoms with Crippen molar-refractivity contribution in [2.75, 3.05) is 6.54 Å². The second kappa shape index (κ2) is 8.19. The largest absolute Gasteiger partial charge is 0.361 e. The smallest absolute Gasteiger partial charge is 0.220 e. The Labute approximate surface area is 138 Å². The van der Waals surface area contributed by atoms with Crippen LogP contribution in [0.5, 0.6) is 0 Å². The molecule has 0 spiro atoms. The van der Waals surface area contributed by atoms with Gasteiger partial charge in [0.05, 0.1) is 0 Å². The van der Waals surface area contributed by atoms with E-state index in [1.54, 1.807) is 0 Å². The van der Waals surface area contributed by atoms with Crippen LogP contribution in [-0.4, -0.2) is 17.4 Å². The fourth-order valence-electron chi connectivity index (χ4n) is 3.78. The van der Waals surface area contributed by atoms with Gasteiger partial charge in [-0.25, -0.2) is 0 Å². The summed E-state index contributed by atoms with van der Waals surface area (Å²) in [6.07, 6.45) is 12.6. The molecule has 124 valence electrons. The predicted molar refractivity (Wildman–Crippen MR) is 95.4 cm³/mol. The number of aromatic amines is 1. The van der Waals surface area contributed by atoms with Crippen molar-refractivity contribution in [2.45, 2.75) is 57.8 Å². The molecule has 0 bridgehead atoms. The van der Waals surface area contributed by atoms with Crippen LogP contribution in [0.25, 0.3) is 10.9 Å². The quantitative estimate of drug-likeness (QED) is 0.689. The number of fused-ring (bicyclic) bond motifs is 1. The van der Waals surface area contributed by atoms with Crippen LogP contribution in [0.4, 0.5) is 0 Å². The number of carbonyl (C=O) groups is 1. The molecule has 2 N–H and O–H groups in total. The number of rotatable bonds is 8. The third kappa shape index (κ3) is 4.60. The molecule has 3 rings (SSSR count). The number of H-pyrrole nitrogens is 1. The summed E-state index contributed by atoms with van der Waals surface area (Å²) < 4.78 is 0. The van der Waals surface area contributed by atoms with E-state index in [1.165, 1.54) is 48.6 Å². The SMILES string of the molecule is O=C(CCCc1c[nH]c2ccccc12)NCCCC1CCCC1. The highest BCUT2D eigenvalue weighted by atomic mass is 16.1. The lowest BCUT2D eigenvalue weighted by molar-refractivity contribution is -0.121. The van der Waals surface area contributed by atoms with E-state index in [4.69, 9.17) is 0 Å². The van der Waals surface area contributed by atoms with Crippen LogP contribution in [-0.2, 0) is 11.2 Å². The van der Waals surface area contributed by atoms with E-state index in [0.717, 1.165) is 31.7 Å². The third-order valence-electron chi connectivity index (χ3n) is 5.11. The van der Waals surface area contributed by atoms with E-state index in [1.807, 2.05) is 6.07 Å². The summed E-state index contributed by atoms with van der Waals surface area (Å²) >= 11 is 0. The van der Waals surface area contributed by atoms with Crippen LogP contribution in [0, 0.1) is 5.92 Å². The Bertz CT molecular complexity index is 625. The molecule has 0 unspecified atom stereocenters. The molecule has 1 fully saturated rings. The average Bonchev–Trinajstić information content (AvgIpc) is 3.22. The predicted octanol–water partition coefficient (Wildman–Crippen LogP) is 4.58. The third-order valence-corrected chi connectivity index (χ3v) is 5.11. The van der Waals surface area contributed by atoms with Crippen LogP contribution >= 0.6 is 0 Å². The monoisotopic (exact) mass is 312 g/mol. The topological polar surface area (TPSA) is 44.9 Å². The maximum absolute atomic E-state index is 11.9. The Kier molecular flexibility index (Phi) is 5.73. The molecule has 3 nitrogen and oxygen atoms in total. The zero-order valence-corrected chi connectivity index (χ0v) is 13.9. The number of benzene rings is 1. The second-order valence-electron chi connectivity index (χ2n) is 6.86. The Morgan fingerprint density at radius 1 is 1.17 bits per heavy atom. The zero-order chi connectivity index (χ0) is 15.9. The highest BCUT2D eigenvalue weighted by Crippen LogP contribution is 2.28. The Morgan fingerprint density at radius 2 is 2.00 bits per heavy atom. The molecule has 2 aromatic rings. The van der Waals surface area contributed by atoms with Crippen molar-refractivity contribution in [3.05, 3.63) is 36.0 Å². The van der Waals surface area contributed by atoms with Crippen LogP contribution in [0.1, 0.15) is 56.9 Å². The van der Waals surface area contributed by atoms with Crippen LogP contribution in [0.3, 0.4) is 0 Å². The molecule has 23 heavy (non-hydrogen) atoms. The summed E-state index contributed by atoms with van der Waals surface area (Å²) in [4.78, 5) is 15.2. The minimum atomic E-state index is 0.205. The first-order valence-electron chi connectivity index (χ1n) is 9.14. The molecule has 0 saturated heterocycles. The van der Waals surface area contributed by atoms with Gasteiger partial charge < -0.3 is 10.3 Å². The lowest BCUT2D eigenvalue weighted by atomic mass is 10.0. The van der Waals surface area contributed by atoms with Gasteiger partial charge in [0.25, 0.3) is 0 Å². The molecule has 1 amide bonds. The fraction of sp³-hybridized carbons (Fsp3) is 0.550. The summed E-state index contributed by atoms with van der Waals surface area (Å²) in [5.74, 6) is 1.13. The summed E-state index contributed by atoms with van der Waals surface area (Å²) in [5.41, 5.74) is 2.49. The van der Waals surface area contributed by atoms with Crippen molar-refractivity contribution in [1.82, 2.24) is 10.3 Å². The van der Waals surface area contributed by atoms with E-state index < -0.39 is 0 Å². The normalized spacial score (nSPS) is 15.3. The number of carbonyl (C=O) groups excluding carboxylic acids is 1. The van der Waals surface area contributed by atoms with Crippen molar-refractivity contribution < 1.29 is 4.79 Å². The number of hydrogen-bond acceptors (Lipinski definition) is 1. The Morgan fingerprint density at radius 3 is 2.87 bits per heavy atom. The van der Waals surface area contributed by atoms with Gasteiger partial charge in [-0.2, -0.15) is 0 Å². The maximum atomic E-state index is 11.9. The number of para-hydroxylation sites is 1. The molecule has 0 aliphatic heterocycles. The molecule has 3 heteroatoms. The van der Waals surface area contributed by atoms with E-state index in [2.05, 4.69) is 34.7 Å². The average molecular weight is 312 g/mol. The van der Waals surface area contributed by atoms with Gasteiger partial charge in [-0.3, -0.25) is 4.79 Å². The van der Waals surface area contributed by atoms with E-state index in [0.29, 0.717) is 6.42 Å². The van der Waals surface area contributed by atoms with Gasteiger partial charge in [-0.15, -0.1) is 0 Å². The van der Waals surface area contributed by atoms with E-state index in [-0.39, 0.29) is 5.91 Å². The van der Waals surface area contributed by atoms with E-state index in [9.17, 15) is 4.79 Å². The lowest BCUT2D eigenvalue weighted by Crippen LogP contribution is -2.24. The molecule has 1 aromatic carbocycles. The molecule has 1 heterocycles. The highest BCUT2D eigenvalue weighted by Gasteiger charge is 2.14. The second-order valence-corrected chi connectivity index (χ2v) is 6.86. The van der Waals surface area contributed by atoms with Gasteiger partial charge in [-0.05, 0) is 43.2 Å². The standard InChI is InChI=1S/C20H28N2O/c23-20(21-14-6-9-16-7-1-2-8-16)13-5-10-17-15-22-19-12-4-3-11-18(17)19/h3-4,11-12,15-16,22H,1-2,5-10,13-14H2,(H,21,23). The number of hydrogen-bond donors (Lipinski definition) is 2. The van der Waals surface area contributed by atoms with Gasteiger partial charge in [0.2, 0.25) is 5.91 Å². The van der Waals surface area contributed by atoms with Crippen molar-refractivity contribution >= 4 is 16.8 Å². The molecule has 1 aliphatic rings. The van der Waals surface area contributed by atoms with Crippen LogP contribution in [0.2, 0.25) is 0 Å². The van der Waals surface area contributed by atoms with Crippen LogP contribution < -0.4 is 5.32 Å². The first-order valence-corrected chi connectivity index (χ1v) is 9.14. The molecule has 1 aliphatic carbocycles. The number of aryl methyl sites for hydroxylation is 1. The van der Waals surface area contributed by atoms with Gasteiger partial charge in [0.1, 0.15) is 0 Å². The molecule has 1 aromatic heterocycles. The number of nitrogens with one attached hydrogen (secondary N) is 2. The maximum Gasteiger partial charge on any atom is 0.220 e. The van der Waals surface area contributed by atoms with Gasteiger partial charge in [0, 0.05) is 30.1 Å². The fourth-order valence-corrected chi connectivity index (χ4v) is 3.78. The minimum Gasteiger partial charge on any atom is -0.361 e. The van der Waals surface area contributed by atoms with Gasteiger partial charge >= 0.3 is 0 Å². The summed E-state index contributed by atoms with van der Waals surface area (Å²) in [5, 5.41) is 4.36. The first-order chi connectivity index (χ1) is 11.3. The molecule has 0 atom stereocenters. The molecule has 1 saturated carbocycles. The minimum absolute atomic E-state index is 0.205. The Hall–Kier alpha value is -1.77. The van der Waals surface area contributed by atoms with Crippen LogP contribution in [0.15, 0.2) is 30.5 Å². The molecular formula is C20H28N2O. The van der Waals surface area contributed by atoms with Gasteiger partial charge in [0.15, 0.2) is 0 Å². The number of aromatic nitrogens is 1. The first kappa shape index (κ1) is 16.1. The van der Waals surface area contributed by atoms with Crippen molar-refractivity contribution in [2.24, 2.45) is 5.92 Å². The summed E-state index contributed by atoms with van der Waals surface area (Å²) in [7, 11) is 0. The zero-order valence-electron chi connectivity index (χ0n) is 13.9. The Balaban J connectivity index is 1.31. The summed E-state index contributed by atoms with van der Waals surface area (Å²) in [6, 6.07) is 8.35. The van der Waals surface area contributed by atoms with Crippen molar-refractivity contribution in [3.8, 4) is 0 Å². The van der Waals surface area contributed by atoms with Crippen molar-refractivity contribution in [3.63, 3.8) is 0 Å². The highest BCUT2D eigenvalue weighted by molar-refractivity contribution is 5.83. The molecular weight excluding hydrogens is 284 g/mol. The number of amides is 1. The van der Waals surface area contributed by atoms with Gasteiger partial charge in [-0.1, -0.05) is 43.9 Å². The van der Waals surface area contributed by atoms with Crippen molar-refractivity contribution in [1.29, 1.82) is 0 Å². The summed E-state index contributed by atoms with van der Waals surface area (Å²) in [6.45, 7) is 0.850. The lowest BCUT2D eigenvalue weighted by Gasteiger charge is -2.09.